The summed E-state index contributed by atoms with van der Waals surface area (Å²) in [5.74, 6) is -0.701. The Balaban J connectivity index is 1.60. The normalized spacial score (nSPS) is 10.9. The summed E-state index contributed by atoms with van der Waals surface area (Å²) in [6, 6.07) is 14.0. The molecular formula is C25H23ClN4O4. The zero-order valence-corrected chi connectivity index (χ0v) is 19.9. The van der Waals surface area contributed by atoms with Crippen LogP contribution in [0.15, 0.2) is 48.5 Å². The third-order valence-electron chi connectivity index (χ3n) is 5.41. The van der Waals surface area contributed by atoms with Crippen LogP contribution in [-0.4, -0.2) is 40.4 Å². The lowest BCUT2D eigenvalue weighted by Crippen LogP contribution is -2.22. The standard InChI is InChI=1S/C25H23ClN4O4/c1-14-12-22(34-13-21(31)27-19-10-6-5-8-17(19)25(32)33-4)28-24-23(14)16(3)29-30(24)20-11-7-9-18(26)15(20)2/h5-12H,13H2,1-4H3,(H,27,31). The Morgan fingerprint density at radius 3 is 2.62 bits per heavy atom. The fraction of sp³-hybridized carbons (Fsp3) is 0.200. The monoisotopic (exact) mass is 478 g/mol. The van der Waals surface area contributed by atoms with Gasteiger partial charge in [-0.3, -0.25) is 4.79 Å². The number of anilines is 1. The summed E-state index contributed by atoms with van der Waals surface area (Å²) < 4.78 is 12.2. The van der Waals surface area contributed by atoms with Gasteiger partial charge >= 0.3 is 5.97 Å². The zero-order chi connectivity index (χ0) is 24.4. The number of aromatic nitrogens is 3. The molecule has 0 atom stereocenters. The van der Waals surface area contributed by atoms with E-state index in [9.17, 15) is 9.59 Å². The van der Waals surface area contributed by atoms with Crippen LogP contribution in [0.3, 0.4) is 0 Å². The van der Waals surface area contributed by atoms with E-state index in [1.54, 1.807) is 35.0 Å². The topological polar surface area (TPSA) is 95.3 Å². The van der Waals surface area contributed by atoms with E-state index in [1.807, 2.05) is 39.0 Å². The van der Waals surface area contributed by atoms with Crippen molar-refractivity contribution < 1.29 is 19.1 Å². The quantitative estimate of drug-likeness (QED) is 0.400. The zero-order valence-electron chi connectivity index (χ0n) is 19.2. The van der Waals surface area contributed by atoms with Crippen LogP contribution in [0, 0.1) is 20.8 Å². The molecule has 4 aromatic rings. The molecule has 1 N–H and O–H groups in total. The van der Waals surface area contributed by atoms with Gasteiger partial charge in [0, 0.05) is 16.5 Å². The highest BCUT2D eigenvalue weighted by Gasteiger charge is 2.18. The Morgan fingerprint density at radius 1 is 1.09 bits per heavy atom. The van der Waals surface area contributed by atoms with Crippen LogP contribution in [0.5, 0.6) is 5.88 Å². The molecule has 0 radical (unpaired) electrons. The fourth-order valence-electron chi connectivity index (χ4n) is 3.75. The first kappa shape index (κ1) is 23.3. The lowest BCUT2D eigenvalue weighted by atomic mass is 10.1. The molecule has 0 bridgehead atoms. The molecule has 0 spiro atoms. The van der Waals surface area contributed by atoms with Gasteiger partial charge in [-0.1, -0.05) is 29.8 Å². The second-order valence-corrected chi connectivity index (χ2v) is 8.14. The van der Waals surface area contributed by atoms with Gasteiger partial charge in [-0.25, -0.2) is 9.48 Å². The summed E-state index contributed by atoms with van der Waals surface area (Å²) >= 11 is 6.32. The number of benzene rings is 2. The molecular weight excluding hydrogens is 456 g/mol. The number of carbonyl (C=O) groups excluding carboxylic acids is 2. The number of hydrogen-bond acceptors (Lipinski definition) is 6. The van der Waals surface area contributed by atoms with Gasteiger partial charge in [0.05, 0.1) is 29.7 Å². The number of pyridine rings is 1. The summed E-state index contributed by atoms with van der Waals surface area (Å²) in [7, 11) is 1.28. The molecule has 0 saturated carbocycles. The molecule has 34 heavy (non-hydrogen) atoms. The van der Waals surface area contributed by atoms with Crippen LogP contribution >= 0.6 is 11.6 Å². The summed E-state index contributed by atoms with van der Waals surface area (Å²) in [5.41, 5.74) is 4.63. The van der Waals surface area contributed by atoms with Gasteiger partial charge < -0.3 is 14.8 Å². The van der Waals surface area contributed by atoms with Crippen molar-refractivity contribution in [2.24, 2.45) is 0 Å². The largest absolute Gasteiger partial charge is 0.467 e. The third kappa shape index (κ3) is 4.45. The van der Waals surface area contributed by atoms with E-state index in [2.05, 4.69) is 15.4 Å². The van der Waals surface area contributed by atoms with Crippen molar-refractivity contribution in [2.75, 3.05) is 19.0 Å². The van der Waals surface area contributed by atoms with Crippen LogP contribution in [0.4, 0.5) is 5.69 Å². The average molecular weight is 479 g/mol. The van der Waals surface area contributed by atoms with Gasteiger partial charge in [0.25, 0.3) is 5.91 Å². The predicted molar refractivity (Wildman–Crippen MR) is 130 cm³/mol. The van der Waals surface area contributed by atoms with E-state index >= 15 is 0 Å². The third-order valence-corrected chi connectivity index (χ3v) is 5.82. The second kappa shape index (κ2) is 9.52. The number of hydrogen-bond donors (Lipinski definition) is 1. The van der Waals surface area contributed by atoms with E-state index in [0.717, 1.165) is 27.9 Å². The number of rotatable bonds is 6. The minimum atomic E-state index is -0.542. The van der Waals surface area contributed by atoms with Crippen LogP contribution in [0.25, 0.3) is 16.7 Å². The molecule has 8 nitrogen and oxygen atoms in total. The lowest BCUT2D eigenvalue weighted by Gasteiger charge is -2.11. The first-order valence-corrected chi connectivity index (χ1v) is 10.9. The first-order chi connectivity index (χ1) is 16.3. The molecule has 0 fully saturated rings. The van der Waals surface area contributed by atoms with Crippen molar-refractivity contribution in [3.05, 3.63) is 75.9 Å². The molecule has 9 heteroatoms. The first-order valence-electron chi connectivity index (χ1n) is 10.5. The van der Waals surface area contributed by atoms with Crippen molar-refractivity contribution in [2.45, 2.75) is 20.8 Å². The lowest BCUT2D eigenvalue weighted by molar-refractivity contribution is -0.118. The van der Waals surface area contributed by atoms with E-state index in [-0.39, 0.29) is 18.1 Å². The maximum atomic E-state index is 12.5. The Labute approximate surface area is 201 Å². The Bertz CT molecular complexity index is 1410. The average Bonchev–Trinajstić information content (AvgIpc) is 3.16. The number of amides is 1. The number of ether oxygens (including phenoxy) is 2. The molecule has 174 valence electrons. The van der Waals surface area contributed by atoms with Crippen LogP contribution < -0.4 is 10.1 Å². The number of nitrogens with zero attached hydrogens (tertiary/aromatic N) is 3. The van der Waals surface area contributed by atoms with Crippen molar-refractivity contribution in [3.63, 3.8) is 0 Å². The number of methoxy groups -OCH3 is 1. The van der Waals surface area contributed by atoms with Crippen molar-refractivity contribution in [3.8, 4) is 11.6 Å². The Kier molecular flexibility index (Phi) is 6.51. The van der Waals surface area contributed by atoms with Gasteiger partial charge in [-0.2, -0.15) is 10.1 Å². The van der Waals surface area contributed by atoms with Crippen LogP contribution in [0.1, 0.15) is 27.2 Å². The van der Waals surface area contributed by atoms with Gasteiger partial charge in [0.2, 0.25) is 5.88 Å². The molecule has 4 rings (SSSR count). The molecule has 2 heterocycles. The number of aryl methyl sites for hydroxylation is 2. The Hall–Kier alpha value is -3.91. The number of para-hydroxylation sites is 1. The number of nitrogens with one attached hydrogen (secondary N) is 1. The minimum Gasteiger partial charge on any atom is -0.467 e. The van der Waals surface area contributed by atoms with Crippen molar-refractivity contribution >= 4 is 40.2 Å². The highest BCUT2D eigenvalue weighted by atomic mass is 35.5. The van der Waals surface area contributed by atoms with Crippen LogP contribution in [-0.2, 0) is 9.53 Å². The minimum absolute atomic E-state index is 0.255. The van der Waals surface area contributed by atoms with Gasteiger partial charge in [0.15, 0.2) is 12.3 Å². The maximum Gasteiger partial charge on any atom is 0.339 e. The molecule has 1 amide bonds. The van der Waals surface area contributed by atoms with Crippen LogP contribution in [0.2, 0.25) is 5.02 Å². The molecule has 0 aliphatic rings. The molecule has 2 aromatic heterocycles. The highest BCUT2D eigenvalue weighted by Crippen LogP contribution is 2.29. The van der Waals surface area contributed by atoms with E-state index in [1.165, 1.54) is 7.11 Å². The molecule has 0 unspecified atom stereocenters. The SMILES string of the molecule is COC(=O)c1ccccc1NC(=O)COc1cc(C)c2c(C)nn(-c3cccc(Cl)c3C)c2n1. The van der Waals surface area contributed by atoms with Crippen molar-refractivity contribution in [1.82, 2.24) is 14.8 Å². The number of esters is 1. The second-order valence-electron chi connectivity index (χ2n) is 7.73. The molecule has 0 aliphatic heterocycles. The maximum absolute atomic E-state index is 12.5. The smallest absolute Gasteiger partial charge is 0.339 e. The van der Waals surface area contributed by atoms with E-state index in [0.29, 0.717) is 16.4 Å². The Morgan fingerprint density at radius 2 is 1.85 bits per heavy atom. The highest BCUT2D eigenvalue weighted by molar-refractivity contribution is 6.31. The van der Waals surface area contributed by atoms with Crippen molar-refractivity contribution in [1.29, 1.82) is 0 Å². The molecule has 2 aromatic carbocycles. The molecule has 0 saturated heterocycles. The van der Waals surface area contributed by atoms with Gasteiger partial charge in [0.1, 0.15) is 0 Å². The predicted octanol–water partition coefficient (Wildman–Crippen LogP) is 4.80. The van der Waals surface area contributed by atoms with Gasteiger partial charge in [-0.05, 0) is 56.2 Å². The summed E-state index contributed by atoms with van der Waals surface area (Å²) in [6.07, 6.45) is 0. The number of halogens is 1. The van der Waals surface area contributed by atoms with Gasteiger partial charge in [-0.15, -0.1) is 0 Å². The number of carbonyl (C=O) groups is 2. The van der Waals surface area contributed by atoms with E-state index in [4.69, 9.17) is 21.1 Å². The summed E-state index contributed by atoms with van der Waals surface area (Å²) in [5, 5.41) is 8.88. The van der Waals surface area contributed by atoms with E-state index < -0.39 is 11.9 Å². The number of fused-ring (bicyclic) bond motifs is 1. The molecule has 0 aliphatic carbocycles. The fourth-order valence-corrected chi connectivity index (χ4v) is 3.92. The summed E-state index contributed by atoms with van der Waals surface area (Å²) in [4.78, 5) is 29.1. The summed E-state index contributed by atoms with van der Waals surface area (Å²) in [6.45, 7) is 5.48.